The molecule has 2 heterocycles. The number of methoxy groups -OCH3 is 2. The summed E-state index contributed by atoms with van der Waals surface area (Å²) in [6, 6.07) is 15.1. The van der Waals surface area contributed by atoms with E-state index >= 15 is 0 Å². The molecule has 3 aromatic rings. The number of ether oxygens (including phenoxy) is 3. The minimum Gasteiger partial charge on any atom is -0.497 e. The Bertz CT molecular complexity index is 1030. The molecule has 1 fully saturated rings. The topological polar surface area (TPSA) is 64.1 Å². The zero-order valence-electron chi connectivity index (χ0n) is 18.5. The second-order valence-electron chi connectivity index (χ2n) is 7.43. The molecule has 0 bridgehead atoms. The van der Waals surface area contributed by atoms with Crippen LogP contribution in [0.1, 0.15) is 6.92 Å². The average Bonchev–Trinajstić information content (AvgIpc) is 3.34. The maximum absolute atomic E-state index is 13.3. The van der Waals surface area contributed by atoms with Crippen LogP contribution in [0, 0.1) is 0 Å². The van der Waals surface area contributed by atoms with Crippen molar-refractivity contribution in [2.24, 2.45) is 0 Å². The van der Waals surface area contributed by atoms with Crippen LogP contribution in [0.25, 0.3) is 11.3 Å². The Morgan fingerprint density at radius 3 is 2.22 bits per heavy atom. The number of amides is 1. The number of nitrogens with zero attached hydrogens (tertiary/aromatic N) is 3. The molecular weight excluding hydrogens is 426 g/mol. The summed E-state index contributed by atoms with van der Waals surface area (Å²) in [5, 5.41) is 2.77. The Morgan fingerprint density at radius 1 is 1.03 bits per heavy atom. The van der Waals surface area contributed by atoms with E-state index in [-0.39, 0.29) is 5.91 Å². The molecule has 1 aliphatic heterocycles. The number of benzene rings is 2. The minimum atomic E-state index is -0.420. The van der Waals surface area contributed by atoms with Crippen molar-refractivity contribution in [2.75, 3.05) is 45.4 Å². The first-order chi connectivity index (χ1) is 15.6. The van der Waals surface area contributed by atoms with Crippen LogP contribution < -0.4 is 14.4 Å². The Morgan fingerprint density at radius 2 is 1.62 bits per heavy atom. The third-order valence-corrected chi connectivity index (χ3v) is 6.34. The Hall–Kier alpha value is -3.10. The molecule has 0 aliphatic carbocycles. The second kappa shape index (κ2) is 10.0. The molecule has 1 aliphatic rings. The summed E-state index contributed by atoms with van der Waals surface area (Å²) < 4.78 is 16.0. The SMILES string of the molecule is COc1ccc(-c2csc(N(c3ccc(OC)cc3)C(C)C(=O)N3CCOCC3)n2)cc1. The van der Waals surface area contributed by atoms with Crippen LogP contribution >= 0.6 is 11.3 Å². The van der Waals surface area contributed by atoms with Crippen molar-refractivity contribution in [3.8, 4) is 22.8 Å². The minimum absolute atomic E-state index is 0.0605. The van der Waals surface area contributed by atoms with E-state index in [9.17, 15) is 4.79 Å². The van der Waals surface area contributed by atoms with Crippen LogP contribution in [-0.4, -0.2) is 62.4 Å². The van der Waals surface area contributed by atoms with Gasteiger partial charge >= 0.3 is 0 Å². The van der Waals surface area contributed by atoms with E-state index in [1.165, 1.54) is 11.3 Å². The zero-order valence-corrected chi connectivity index (χ0v) is 19.3. The predicted octanol–water partition coefficient (Wildman–Crippen LogP) is 4.21. The van der Waals surface area contributed by atoms with Crippen molar-refractivity contribution in [3.05, 3.63) is 53.9 Å². The number of thiazole rings is 1. The lowest BCUT2D eigenvalue weighted by Crippen LogP contribution is -2.49. The lowest BCUT2D eigenvalue weighted by molar-refractivity contribution is -0.136. The molecule has 0 radical (unpaired) electrons. The van der Waals surface area contributed by atoms with E-state index in [1.54, 1.807) is 14.2 Å². The van der Waals surface area contributed by atoms with Gasteiger partial charge in [0.25, 0.3) is 0 Å². The highest BCUT2D eigenvalue weighted by Crippen LogP contribution is 2.35. The van der Waals surface area contributed by atoms with Crippen molar-refractivity contribution in [3.63, 3.8) is 0 Å². The number of rotatable bonds is 7. The van der Waals surface area contributed by atoms with Gasteiger partial charge in [0.05, 0.1) is 33.1 Å². The Labute approximate surface area is 192 Å². The largest absolute Gasteiger partial charge is 0.497 e. The van der Waals surface area contributed by atoms with Crippen molar-refractivity contribution in [2.45, 2.75) is 13.0 Å². The van der Waals surface area contributed by atoms with Gasteiger partial charge in [-0.25, -0.2) is 4.98 Å². The predicted molar refractivity (Wildman–Crippen MR) is 126 cm³/mol. The van der Waals surface area contributed by atoms with Gasteiger partial charge in [-0.2, -0.15) is 0 Å². The smallest absolute Gasteiger partial charge is 0.245 e. The first-order valence-corrected chi connectivity index (χ1v) is 11.4. The quantitative estimate of drug-likeness (QED) is 0.534. The van der Waals surface area contributed by atoms with Crippen LogP contribution in [0.3, 0.4) is 0 Å². The molecule has 7 nitrogen and oxygen atoms in total. The molecule has 4 rings (SSSR count). The number of hydrogen-bond acceptors (Lipinski definition) is 7. The fourth-order valence-electron chi connectivity index (χ4n) is 3.67. The normalized spacial score (nSPS) is 14.7. The molecule has 1 saturated heterocycles. The van der Waals surface area contributed by atoms with E-state index in [0.29, 0.717) is 26.3 Å². The molecule has 0 spiro atoms. The van der Waals surface area contributed by atoms with Gasteiger partial charge in [0, 0.05) is 29.7 Å². The fourth-order valence-corrected chi connectivity index (χ4v) is 4.60. The standard InChI is InChI=1S/C24H27N3O4S/c1-17(23(28)26-12-14-31-15-13-26)27(19-6-10-21(30-3)11-7-19)24-25-22(16-32-24)18-4-8-20(29-2)9-5-18/h4-11,16-17H,12-15H2,1-3H3. The number of carbonyl (C=O) groups is 1. The van der Waals surface area contributed by atoms with Crippen LogP contribution in [0.15, 0.2) is 53.9 Å². The van der Waals surface area contributed by atoms with Crippen LogP contribution in [0.2, 0.25) is 0 Å². The maximum Gasteiger partial charge on any atom is 0.245 e. The molecule has 0 N–H and O–H groups in total. The number of carbonyl (C=O) groups excluding carboxylic acids is 1. The van der Waals surface area contributed by atoms with Gasteiger partial charge in [-0.3, -0.25) is 4.79 Å². The highest BCUT2D eigenvalue weighted by molar-refractivity contribution is 7.14. The summed E-state index contributed by atoms with van der Waals surface area (Å²) in [5.74, 6) is 1.62. The summed E-state index contributed by atoms with van der Waals surface area (Å²) in [7, 11) is 3.29. The van der Waals surface area contributed by atoms with E-state index < -0.39 is 6.04 Å². The van der Waals surface area contributed by atoms with Gasteiger partial charge < -0.3 is 24.0 Å². The number of aromatic nitrogens is 1. The van der Waals surface area contributed by atoms with Gasteiger partial charge in [0.1, 0.15) is 17.5 Å². The summed E-state index contributed by atoms with van der Waals surface area (Å²) in [6.45, 7) is 4.28. The first kappa shape index (κ1) is 22.1. The van der Waals surface area contributed by atoms with Crippen molar-refractivity contribution in [1.29, 1.82) is 0 Å². The molecule has 168 valence electrons. The monoisotopic (exact) mass is 453 g/mol. The summed E-state index contributed by atoms with van der Waals surface area (Å²) >= 11 is 1.52. The van der Waals surface area contributed by atoms with Gasteiger partial charge in [-0.05, 0) is 55.5 Å². The number of morpholine rings is 1. The van der Waals surface area contributed by atoms with Crippen LogP contribution in [0.5, 0.6) is 11.5 Å². The maximum atomic E-state index is 13.3. The molecule has 1 unspecified atom stereocenters. The lowest BCUT2D eigenvalue weighted by Gasteiger charge is -2.34. The third kappa shape index (κ3) is 4.71. The van der Waals surface area contributed by atoms with Crippen molar-refractivity contribution in [1.82, 2.24) is 9.88 Å². The van der Waals surface area contributed by atoms with E-state index in [0.717, 1.165) is 33.6 Å². The lowest BCUT2D eigenvalue weighted by atomic mass is 10.1. The van der Waals surface area contributed by atoms with Gasteiger partial charge in [0.15, 0.2) is 5.13 Å². The zero-order chi connectivity index (χ0) is 22.5. The highest BCUT2D eigenvalue weighted by Gasteiger charge is 2.30. The molecule has 0 saturated carbocycles. The average molecular weight is 454 g/mol. The number of anilines is 2. The molecule has 32 heavy (non-hydrogen) atoms. The molecule has 2 aromatic carbocycles. The number of hydrogen-bond donors (Lipinski definition) is 0. The third-order valence-electron chi connectivity index (χ3n) is 5.50. The summed E-state index contributed by atoms with van der Waals surface area (Å²) in [6.07, 6.45) is 0. The van der Waals surface area contributed by atoms with Gasteiger partial charge in [0.2, 0.25) is 5.91 Å². The molecule has 8 heteroatoms. The van der Waals surface area contributed by atoms with Crippen molar-refractivity contribution < 1.29 is 19.0 Å². The molecular formula is C24H27N3O4S. The first-order valence-electron chi connectivity index (χ1n) is 10.5. The fraction of sp³-hybridized carbons (Fsp3) is 0.333. The highest BCUT2D eigenvalue weighted by atomic mass is 32.1. The van der Waals surface area contributed by atoms with E-state index in [4.69, 9.17) is 19.2 Å². The Kier molecular flexibility index (Phi) is 6.92. The van der Waals surface area contributed by atoms with Gasteiger partial charge in [-0.1, -0.05) is 0 Å². The molecule has 1 aromatic heterocycles. The van der Waals surface area contributed by atoms with Crippen LogP contribution in [0.4, 0.5) is 10.8 Å². The molecule has 1 amide bonds. The Balaban J connectivity index is 1.66. The van der Waals surface area contributed by atoms with Gasteiger partial charge in [-0.15, -0.1) is 11.3 Å². The summed E-state index contributed by atoms with van der Waals surface area (Å²) in [4.78, 5) is 22.1. The molecule has 1 atom stereocenters. The van der Waals surface area contributed by atoms with E-state index in [1.807, 2.05) is 70.6 Å². The van der Waals surface area contributed by atoms with E-state index in [2.05, 4.69) is 0 Å². The van der Waals surface area contributed by atoms with Crippen molar-refractivity contribution >= 4 is 28.1 Å². The summed E-state index contributed by atoms with van der Waals surface area (Å²) in [5.41, 5.74) is 2.74. The second-order valence-corrected chi connectivity index (χ2v) is 8.26. The van der Waals surface area contributed by atoms with Crippen LogP contribution in [-0.2, 0) is 9.53 Å².